The van der Waals surface area contributed by atoms with Crippen molar-refractivity contribution in [2.45, 2.75) is 18.9 Å². The van der Waals surface area contributed by atoms with Crippen molar-refractivity contribution in [2.24, 2.45) is 0 Å². The highest BCUT2D eigenvalue weighted by Gasteiger charge is 2.23. The Morgan fingerprint density at radius 2 is 2.08 bits per heavy atom. The molecule has 0 amide bonds. The van der Waals surface area contributed by atoms with Crippen molar-refractivity contribution in [3.05, 3.63) is 33.3 Å². The Bertz CT molecular complexity index is 323. The van der Waals surface area contributed by atoms with E-state index in [-0.39, 0.29) is 0 Å². The number of rotatable bonds is 0. The van der Waals surface area contributed by atoms with Crippen LogP contribution in [-0.2, 0) is 6.42 Å². The SMILES string of the molecule is O[C@@H]1CCc2cc(Cl)cc(Cl)c21. The largest absolute Gasteiger partial charge is 0.388 e. The van der Waals surface area contributed by atoms with Crippen molar-refractivity contribution in [2.75, 3.05) is 0 Å². The van der Waals surface area contributed by atoms with Crippen LogP contribution in [0.5, 0.6) is 0 Å². The maximum Gasteiger partial charge on any atom is 0.0810 e. The molecule has 0 saturated heterocycles. The Balaban J connectivity index is 2.60. The van der Waals surface area contributed by atoms with E-state index in [1.165, 1.54) is 0 Å². The maximum absolute atomic E-state index is 9.53. The fourth-order valence-electron chi connectivity index (χ4n) is 1.65. The number of aliphatic hydroxyl groups excluding tert-OH is 1. The molecule has 1 atom stereocenters. The summed E-state index contributed by atoms with van der Waals surface area (Å²) in [6.45, 7) is 0. The third kappa shape index (κ3) is 1.22. The van der Waals surface area contributed by atoms with Crippen LogP contribution in [0, 0.1) is 0 Å². The third-order valence-electron chi connectivity index (χ3n) is 2.20. The maximum atomic E-state index is 9.53. The third-order valence-corrected chi connectivity index (χ3v) is 2.73. The first-order valence-corrected chi connectivity index (χ1v) is 4.60. The molecular weight excluding hydrogens is 195 g/mol. The van der Waals surface area contributed by atoms with Crippen LogP contribution in [0.25, 0.3) is 0 Å². The van der Waals surface area contributed by atoms with E-state index in [9.17, 15) is 5.11 Å². The summed E-state index contributed by atoms with van der Waals surface area (Å²) in [5, 5.41) is 10.8. The Kier molecular flexibility index (Phi) is 2.03. The minimum absolute atomic E-state index is 0.398. The summed E-state index contributed by atoms with van der Waals surface area (Å²) in [6, 6.07) is 3.55. The van der Waals surface area contributed by atoms with E-state index in [0.717, 1.165) is 24.0 Å². The lowest BCUT2D eigenvalue weighted by molar-refractivity contribution is 0.180. The molecule has 1 N–H and O–H groups in total. The molecule has 1 aliphatic carbocycles. The molecule has 0 heterocycles. The zero-order valence-electron chi connectivity index (χ0n) is 6.35. The van der Waals surface area contributed by atoms with E-state index < -0.39 is 6.10 Å². The molecule has 1 aliphatic rings. The lowest BCUT2D eigenvalue weighted by Gasteiger charge is -2.06. The van der Waals surface area contributed by atoms with Crippen LogP contribution in [-0.4, -0.2) is 5.11 Å². The number of aryl methyl sites for hydroxylation is 1. The lowest BCUT2D eigenvalue weighted by atomic mass is 10.1. The minimum atomic E-state index is -0.398. The smallest absolute Gasteiger partial charge is 0.0810 e. The van der Waals surface area contributed by atoms with Gasteiger partial charge in [0.05, 0.1) is 6.10 Å². The van der Waals surface area contributed by atoms with E-state index >= 15 is 0 Å². The molecule has 0 aliphatic heterocycles. The number of fused-ring (bicyclic) bond motifs is 1. The number of hydrogen-bond donors (Lipinski definition) is 1. The summed E-state index contributed by atoms with van der Waals surface area (Å²) in [6.07, 6.45) is 1.23. The van der Waals surface area contributed by atoms with Gasteiger partial charge in [-0.3, -0.25) is 0 Å². The van der Waals surface area contributed by atoms with Gasteiger partial charge in [-0.05, 0) is 30.5 Å². The fraction of sp³-hybridized carbons (Fsp3) is 0.333. The fourth-order valence-corrected chi connectivity index (χ4v) is 2.32. The molecule has 1 aromatic carbocycles. The quantitative estimate of drug-likeness (QED) is 0.687. The predicted octanol–water partition coefficient (Wildman–Crippen LogP) is 2.97. The van der Waals surface area contributed by atoms with Crippen LogP contribution in [0.1, 0.15) is 23.7 Å². The highest BCUT2D eigenvalue weighted by molar-refractivity contribution is 6.35. The van der Waals surface area contributed by atoms with Crippen molar-refractivity contribution in [1.82, 2.24) is 0 Å². The van der Waals surface area contributed by atoms with E-state index in [4.69, 9.17) is 23.2 Å². The van der Waals surface area contributed by atoms with Gasteiger partial charge in [0, 0.05) is 15.6 Å². The van der Waals surface area contributed by atoms with Gasteiger partial charge in [-0.1, -0.05) is 23.2 Å². The van der Waals surface area contributed by atoms with Crippen molar-refractivity contribution >= 4 is 23.2 Å². The molecule has 12 heavy (non-hydrogen) atoms. The van der Waals surface area contributed by atoms with Crippen molar-refractivity contribution in [3.8, 4) is 0 Å². The molecule has 0 spiro atoms. The van der Waals surface area contributed by atoms with Crippen molar-refractivity contribution in [3.63, 3.8) is 0 Å². The van der Waals surface area contributed by atoms with Crippen LogP contribution >= 0.6 is 23.2 Å². The van der Waals surface area contributed by atoms with Crippen LogP contribution in [0.2, 0.25) is 10.0 Å². The number of aliphatic hydroxyl groups is 1. The first kappa shape index (κ1) is 8.36. The molecule has 0 unspecified atom stereocenters. The van der Waals surface area contributed by atoms with Gasteiger partial charge in [0.25, 0.3) is 0 Å². The van der Waals surface area contributed by atoms with Crippen LogP contribution in [0.15, 0.2) is 12.1 Å². The number of benzene rings is 1. The van der Waals surface area contributed by atoms with Gasteiger partial charge in [0.2, 0.25) is 0 Å². The average molecular weight is 203 g/mol. The molecule has 0 radical (unpaired) electrons. The average Bonchev–Trinajstić information content (AvgIpc) is 2.31. The van der Waals surface area contributed by atoms with Gasteiger partial charge >= 0.3 is 0 Å². The van der Waals surface area contributed by atoms with E-state index in [1.54, 1.807) is 6.07 Å². The molecule has 0 aromatic heterocycles. The first-order valence-electron chi connectivity index (χ1n) is 3.84. The summed E-state index contributed by atoms with van der Waals surface area (Å²) in [4.78, 5) is 0. The Hall–Kier alpha value is -0.240. The second kappa shape index (κ2) is 2.91. The van der Waals surface area contributed by atoms with Gasteiger partial charge in [0.1, 0.15) is 0 Å². The Morgan fingerprint density at radius 3 is 2.83 bits per heavy atom. The lowest BCUT2D eigenvalue weighted by Crippen LogP contribution is -1.91. The van der Waals surface area contributed by atoms with Gasteiger partial charge in [-0.2, -0.15) is 0 Å². The summed E-state index contributed by atoms with van der Waals surface area (Å²) in [5.41, 5.74) is 1.95. The molecular formula is C9H8Cl2O. The van der Waals surface area contributed by atoms with Crippen LogP contribution in [0.3, 0.4) is 0 Å². The molecule has 3 heteroatoms. The molecule has 0 bridgehead atoms. The Morgan fingerprint density at radius 1 is 1.33 bits per heavy atom. The first-order chi connectivity index (χ1) is 5.68. The summed E-state index contributed by atoms with van der Waals surface area (Å²) < 4.78 is 0. The number of halogens is 2. The minimum Gasteiger partial charge on any atom is -0.388 e. The second-order valence-corrected chi connectivity index (χ2v) is 3.86. The van der Waals surface area contributed by atoms with Gasteiger partial charge in [0.15, 0.2) is 0 Å². The molecule has 64 valence electrons. The Labute approximate surface area is 80.9 Å². The van der Waals surface area contributed by atoms with E-state index in [2.05, 4.69) is 0 Å². The molecule has 1 nitrogen and oxygen atoms in total. The second-order valence-electron chi connectivity index (χ2n) is 3.01. The highest BCUT2D eigenvalue weighted by Crippen LogP contribution is 2.38. The standard InChI is InChI=1S/C9H8Cl2O/c10-6-3-5-1-2-8(12)9(5)7(11)4-6/h3-4,8,12H,1-2H2/t8-/m1/s1. The van der Waals surface area contributed by atoms with Gasteiger partial charge in [-0.15, -0.1) is 0 Å². The number of hydrogen-bond acceptors (Lipinski definition) is 1. The summed E-state index contributed by atoms with van der Waals surface area (Å²) in [7, 11) is 0. The van der Waals surface area contributed by atoms with Crippen LogP contribution in [0.4, 0.5) is 0 Å². The molecule has 0 saturated carbocycles. The predicted molar refractivity (Wildman–Crippen MR) is 49.7 cm³/mol. The summed E-state index contributed by atoms with van der Waals surface area (Å²) in [5.74, 6) is 0. The zero-order chi connectivity index (χ0) is 8.72. The van der Waals surface area contributed by atoms with Crippen molar-refractivity contribution < 1.29 is 5.11 Å². The van der Waals surface area contributed by atoms with Crippen LogP contribution < -0.4 is 0 Å². The monoisotopic (exact) mass is 202 g/mol. The van der Waals surface area contributed by atoms with Gasteiger partial charge in [-0.25, -0.2) is 0 Å². The molecule has 1 aromatic rings. The molecule has 2 rings (SSSR count). The summed E-state index contributed by atoms with van der Waals surface area (Å²) >= 11 is 11.7. The highest BCUT2D eigenvalue weighted by atomic mass is 35.5. The normalized spacial score (nSPS) is 21.1. The van der Waals surface area contributed by atoms with Crippen molar-refractivity contribution in [1.29, 1.82) is 0 Å². The topological polar surface area (TPSA) is 20.2 Å². The van der Waals surface area contributed by atoms with E-state index in [1.807, 2.05) is 6.07 Å². The van der Waals surface area contributed by atoms with E-state index in [0.29, 0.717) is 10.0 Å². The zero-order valence-corrected chi connectivity index (χ0v) is 7.86. The van der Waals surface area contributed by atoms with Gasteiger partial charge < -0.3 is 5.11 Å². The molecule has 0 fully saturated rings.